The summed E-state index contributed by atoms with van der Waals surface area (Å²) >= 11 is 9.24. The van der Waals surface area contributed by atoms with E-state index in [9.17, 15) is 4.79 Å². The molecule has 0 bridgehead atoms. The van der Waals surface area contributed by atoms with Crippen LogP contribution in [0.2, 0.25) is 5.02 Å². The number of nitrogens with one attached hydrogen (secondary N) is 1. The Morgan fingerprint density at radius 1 is 1.44 bits per heavy atom. The van der Waals surface area contributed by atoms with Gasteiger partial charge < -0.3 is 9.88 Å². The summed E-state index contributed by atoms with van der Waals surface area (Å²) < 4.78 is 2.75. The zero-order chi connectivity index (χ0) is 13.1. The first kappa shape index (κ1) is 13.2. The quantitative estimate of drug-likeness (QED) is 0.921. The molecule has 0 saturated heterocycles. The van der Waals surface area contributed by atoms with Gasteiger partial charge in [0.2, 0.25) is 0 Å². The second kappa shape index (κ2) is 5.59. The summed E-state index contributed by atoms with van der Waals surface area (Å²) in [5.41, 5.74) is 1.60. The van der Waals surface area contributed by atoms with Crippen LogP contribution in [0.5, 0.6) is 0 Å². The summed E-state index contributed by atoms with van der Waals surface area (Å²) in [6.07, 6.45) is 1.94. The summed E-state index contributed by atoms with van der Waals surface area (Å²) in [5, 5.41) is 3.38. The van der Waals surface area contributed by atoms with Gasteiger partial charge in [0.1, 0.15) is 0 Å². The minimum atomic E-state index is -0.134. The maximum Gasteiger partial charge on any atom is 0.251 e. The molecular weight excluding hydrogens is 316 g/mol. The molecule has 1 heterocycles. The minimum absolute atomic E-state index is 0.134. The van der Waals surface area contributed by atoms with Crippen molar-refractivity contribution in [2.75, 3.05) is 0 Å². The fourth-order valence-electron chi connectivity index (χ4n) is 1.59. The van der Waals surface area contributed by atoms with Crippen LogP contribution in [-0.4, -0.2) is 10.5 Å². The van der Waals surface area contributed by atoms with Crippen LogP contribution in [0.3, 0.4) is 0 Å². The number of amides is 1. The molecule has 0 aliphatic carbocycles. The van der Waals surface area contributed by atoms with Gasteiger partial charge in [0.25, 0.3) is 5.91 Å². The third kappa shape index (κ3) is 2.94. The van der Waals surface area contributed by atoms with Gasteiger partial charge in [-0.2, -0.15) is 0 Å². The highest BCUT2D eigenvalue weighted by Gasteiger charge is 2.08. The molecular formula is C13H12BrClN2O. The number of aromatic nitrogens is 1. The second-order valence-corrected chi connectivity index (χ2v) is 5.18. The highest BCUT2D eigenvalue weighted by Crippen LogP contribution is 2.23. The number of benzene rings is 1. The Balaban J connectivity index is 2.04. The van der Waals surface area contributed by atoms with Crippen LogP contribution in [0.1, 0.15) is 16.1 Å². The molecule has 0 fully saturated rings. The monoisotopic (exact) mass is 326 g/mol. The van der Waals surface area contributed by atoms with Crippen LogP contribution < -0.4 is 5.32 Å². The number of hydrogen-bond acceptors (Lipinski definition) is 1. The van der Waals surface area contributed by atoms with Crippen LogP contribution in [0.15, 0.2) is 41.0 Å². The molecule has 0 spiro atoms. The van der Waals surface area contributed by atoms with E-state index in [2.05, 4.69) is 21.2 Å². The van der Waals surface area contributed by atoms with E-state index in [4.69, 9.17) is 11.6 Å². The first-order valence-corrected chi connectivity index (χ1v) is 6.58. The minimum Gasteiger partial charge on any atom is -0.353 e. The summed E-state index contributed by atoms with van der Waals surface area (Å²) in [6.45, 7) is 0.496. The van der Waals surface area contributed by atoms with E-state index in [0.29, 0.717) is 17.1 Å². The average molecular weight is 328 g/mol. The molecule has 1 aromatic carbocycles. The number of aryl methyl sites for hydroxylation is 1. The SMILES string of the molecule is Cn1cccc1CNC(=O)c1ccc(Br)c(Cl)c1. The zero-order valence-corrected chi connectivity index (χ0v) is 12.1. The van der Waals surface area contributed by atoms with Crippen molar-refractivity contribution in [3.8, 4) is 0 Å². The lowest BCUT2D eigenvalue weighted by molar-refractivity contribution is 0.0950. The zero-order valence-electron chi connectivity index (χ0n) is 9.78. The topological polar surface area (TPSA) is 34.0 Å². The molecule has 2 rings (SSSR count). The average Bonchev–Trinajstić information content (AvgIpc) is 2.75. The number of carbonyl (C=O) groups is 1. The first-order chi connectivity index (χ1) is 8.58. The van der Waals surface area contributed by atoms with E-state index >= 15 is 0 Å². The van der Waals surface area contributed by atoms with Crippen LogP contribution >= 0.6 is 27.5 Å². The van der Waals surface area contributed by atoms with Crippen molar-refractivity contribution in [2.24, 2.45) is 7.05 Å². The first-order valence-electron chi connectivity index (χ1n) is 5.41. The van der Waals surface area contributed by atoms with E-state index in [0.717, 1.165) is 10.2 Å². The fraction of sp³-hybridized carbons (Fsp3) is 0.154. The third-order valence-electron chi connectivity index (χ3n) is 2.66. The smallest absolute Gasteiger partial charge is 0.251 e. The molecule has 0 radical (unpaired) electrons. The molecule has 18 heavy (non-hydrogen) atoms. The Bertz CT molecular complexity index is 580. The predicted octanol–water partition coefficient (Wildman–Crippen LogP) is 3.37. The van der Waals surface area contributed by atoms with Crippen LogP contribution in [0.25, 0.3) is 0 Å². The van der Waals surface area contributed by atoms with Crippen molar-refractivity contribution in [1.82, 2.24) is 9.88 Å². The van der Waals surface area contributed by atoms with Gasteiger partial charge in [-0.1, -0.05) is 11.6 Å². The van der Waals surface area contributed by atoms with Gasteiger partial charge in [0, 0.05) is 29.0 Å². The van der Waals surface area contributed by atoms with Crippen molar-refractivity contribution in [3.63, 3.8) is 0 Å². The van der Waals surface area contributed by atoms with Crippen LogP contribution in [-0.2, 0) is 13.6 Å². The Morgan fingerprint density at radius 2 is 2.22 bits per heavy atom. The van der Waals surface area contributed by atoms with Crippen LogP contribution in [0.4, 0.5) is 0 Å². The molecule has 0 aliphatic heterocycles. The lowest BCUT2D eigenvalue weighted by Gasteiger charge is -2.07. The van der Waals surface area contributed by atoms with E-state index in [1.54, 1.807) is 18.2 Å². The number of halogens is 2. The Labute approximate surface area is 119 Å². The lowest BCUT2D eigenvalue weighted by atomic mass is 10.2. The number of carbonyl (C=O) groups excluding carboxylic acids is 1. The number of hydrogen-bond donors (Lipinski definition) is 1. The normalized spacial score (nSPS) is 10.4. The largest absolute Gasteiger partial charge is 0.353 e. The molecule has 0 aliphatic rings. The number of nitrogens with zero attached hydrogens (tertiary/aromatic N) is 1. The maximum absolute atomic E-state index is 11.9. The molecule has 1 amide bonds. The molecule has 94 valence electrons. The molecule has 5 heteroatoms. The molecule has 0 saturated carbocycles. The molecule has 1 N–H and O–H groups in total. The molecule has 0 unspecified atom stereocenters. The van der Waals surface area contributed by atoms with Gasteiger partial charge >= 0.3 is 0 Å². The second-order valence-electron chi connectivity index (χ2n) is 3.92. The summed E-state index contributed by atoms with van der Waals surface area (Å²) in [6, 6.07) is 9.05. The summed E-state index contributed by atoms with van der Waals surface area (Å²) in [5.74, 6) is -0.134. The highest BCUT2D eigenvalue weighted by atomic mass is 79.9. The molecule has 3 nitrogen and oxygen atoms in total. The van der Waals surface area contributed by atoms with E-state index < -0.39 is 0 Å². The maximum atomic E-state index is 11.9. The van der Waals surface area contributed by atoms with Crippen molar-refractivity contribution >= 4 is 33.4 Å². The van der Waals surface area contributed by atoms with Crippen molar-refractivity contribution < 1.29 is 4.79 Å². The van der Waals surface area contributed by atoms with E-state index in [1.165, 1.54) is 0 Å². The Hall–Kier alpha value is -1.26. The summed E-state index contributed by atoms with van der Waals surface area (Å²) in [4.78, 5) is 11.9. The lowest BCUT2D eigenvalue weighted by Crippen LogP contribution is -2.23. The fourth-order valence-corrected chi connectivity index (χ4v) is 2.02. The van der Waals surface area contributed by atoms with Crippen molar-refractivity contribution in [3.05, 3.63) is 57.3 Å². The van der Waals surface area contributed by atoms with Crippen molar-refractivity contribution in [2.45, 2.75) is 6.54 Å². The highest BCUT2D eigenvalue weighted by molar-refractivity contribution is 9.10. The molecule has 2 aromatic rings. The Morgan fingerprint density at radius 3 is 2.83 bits per heavy atom. The van der Waals surface area contributed by atoms with Crippen LogP contribution in [0, 0.1) is 0 Å². The van der Waals surface area contributed by atoms with E-state index in [-0.39, 0.29) is 5.91 Å². The predicted molar refractivity (Wildman–Crippen MR) is 75.7 cm³/mol. The van der Waals surface area contributed by atoms with Gasteiger partial charge in [-0.15, -0.1) is 0 Å². The van der Waals surface area contributed by atoms with Gasteiger partial charge in [-0.05, 0) is 46.3 Å². The molecule has 0 atom stereocenters. The van der Waals surface area contributed by atoms with Gasteiger partial charge in [-0.3, -0.25) is 4.79 Å². The molecule has 1 aromatic heterocycles. The Kier molecular flexibility index (Phi) is 4.09. The van der Waals surface area contributed by atoms with Crippen molar-refractivity contribution in [1.29, 1.82) is 0 Å². The third-order valence-corrected chi connectivity index (χ3v) is 3.90. The van der Waals surface area contributed by atoms with E-state index in [1.807, 2.05) is 29.9 Å². The summed E-state index contributed by atoms with van der Waals surface area (Å²) in [7, 11) is 1.94. The standard InChI is InChI=1S/C13H12BrClN2O/c1-17-6-2-3-10(17)8-16-13(18)9-4-5-11(14)12(15)7-9/h2-7H,8H2,1H3,(H,16,18). The van der Waals surface area contributed by atoms with Gasteiger partial charge in [0.05, 0.1) is 11.6 Å². The number of rotatable bonds is 3. The van der Waals surface area contributed by atoms with Gasteiger partial charge in [0.15, 0.2) is 0 Å². The van der Waals surface area contributed by atoms with Gasteiger partial charge in [-0.25, -0.2) is 0 Å².